The summed E-state index contributed by atoms with van der Waals surface area (Å²) in [6.07, 6.45) is -24.0. The summed E-state index contributed by atoms with van der Waals surface area (Å²) in [4.78, 5) is 45.7. The molecule has 1 atom stereocenters. The highest BCUT2D eigenvalue weighted by Crippen LogP contribution is 2.36. The van der Waals surface area contributed by atoms with Crippen LogP contribution >= 0.6 is 0 Å². The number of aliphatic hydroxyl groups is 1. The molecular weight excluding hydrogens is 912 g/mol. The number of alkyl halides is 9. The molecule has 0 aromatic heterocycles. The zero-order valence-electron chi connectivity index (χ0n) is 37.7. The predicted molar refractivity (Wildman–Crippen MR) is 242 cm³/mol. The SMILES string of the molecule is C.CC(O)C(F)(F)F.CN(C)C(=O)c1cc(-c2ccccc2)ccc1CN1CCN(C(=O)OC(C(F)(F)F)C(F)(F)F)CC1.CN(C)C(=O)c1cc(-c2ccccc2)ccc1CN1CCNCC1. The number of nitrogens with one attached hydrogen (secondary N) is 1. The van der Waals surface area contributed by atoms with Crippen LogP contribution in [0.25, 0.3) is 22.3 Å². The first-order chi connectivity index (χ1) is 31.4. The largest absolute Gasteiger partial charge is 0.434 e. The first kappa shape index (κ1) is 56.6. The smallest absolute Gasteiger partial charge is 0.426 e. The van der Waals surface area contributed by atoms with Gasteiger partial charge in [0, 0.05) is 105 Å². The monoisotopic (exact) mass is 970 g/mol. The van der Waals surface area contributed by atoms with Crippen LogP contribution in [0.3, 0.4) is 0 Å². The van der Waals surface area contributed by atoms with Crippen LogP contribution in [0.5, 0.6) is 0 Å². The van der Waals surface area contributed by atoms with Crippen LogP contribution in [-0.4, -0.2) is 159 Å². The molecule has 3 amide bonds. The number of rotatable bonds is 9. The second-order valence-corrected chi connectivity index (χ2v) is 16.2. The standard InChI is InChI=1S/C24H25F6N3O3.C20H25N3O.C3H5F3O.CH4/c1-31(2)20(34)19-14-17(16-6-4-3-5-7-16)8-9-18(19)15-32-10-12-33(13-11-32)22(35)36-21(23(25,26)27)24(28,29)30;1-22(2)20(24)19-14-17(16-6-4-3-5-7-16)8-9-18(19)15-23-12-10-21-11-13-23;1-2(7)3(4,5)6;/h3-9,14,21H,10-13,15H2,1-2H3;3-9,14,21H,10-13,15H2,1-2H3;2,7H,1H3;1H4. The van der Waals surface area contributed by atoms with E-state index in [0.29, 0.717) is 24.6 Å². The molecule has 0 spiro atoms. The van der Waals surface area contributed by atoms with Crippen LogP contribution < -0.4 is 5.32 Å². The van der Waals surface area contributed by atoms with E-state index >= 15 is 0 Å². The quantitative estimate of drug-likeness (QED) is 0.160. The van der Waals surface area contributed by atoms with Gasteiger partial charge in [-0.25, -0.2) is 4.79 Å². The number of amides is 3. The molecule has 20 heteroatoms. The van der Waals surface area contributed by atoms with E-state index in [2.05, 4.69) is 39.2 Å². The van der Waals surface area contributed by atoms with Crippen molar-refractivity contribution in [3.63, 3.8) is 0 Å². The maximum Gasteiger partial charge on any atom is 0.434 e. The summed E-state index contributed by atoms with van der Waals surface area (Å²) < 4.78 is 113. The molecule has 2 fully saturated rings. The predicted octanol–water partition coefficient (Wildman–Crippen LogP) is 8.83. The Hall–Kier alpha value is -5.70. The summed E-state index contributed by atoms with van der Waals surface area (Å²) in [6.45, 7) is 5.98. The van der Waals surface area contributed by atoms with Gasteiger partial charge in [-0.15, -0.1) is 0 Å². The number of benzene rings is 4. The van der Waals surface area contributed by atoms with E-state index in [4.69, 9.17) is 5.11 Å². The number of piperazine rings is 2. The molecule has 2 aliphatic rings. The Bertz CT molecular complexity index is 2200. The third-order valence-corrected chi connectivity index (χ3v) is 10.6. The van der Waals surface area contributed by atoms with Gasteiger partial charge in [0.05, 0.1) is 0 Å². The lowest BCUT2D eigenvalue weighted by molar-refractivity contribution is -0.308. The minimum atomic E-state index is -5.77. The van der Waals surface area contributed by atoms with Gasteiger partial charge < -0.3 is 29.9 Å². The van der Waals surface area contributed by atoms with E-state index in [9.17, 15) is 53.9 Å². The molecule has 4 aromatic carbocycles. The van der Waals surface area contributed by atoms with Crippen molar-refractivity contribution in [2.45, 2.75) is 58.2 Å². The molecule has 2 aliphatic heterocycles. The number of carbonyl (C=O) groups excluding carboxylic acids is 3. The third-order valence-electron chi connectivity index (χ3n) is 10.6. The van der Waals surface area contributed by atoms with Crippen molar-refractivity contribution < 1.29 is 63.7 Å². The second-order valence-electron chi connectivity index (χ2n) is 16.2. The fourth-order valence-electron chi connectivity index (χ4n) is 6.86. The summed E-state index contributed by atoms with van der Waals surface area (Å²) >= 11 is 0. The Kier molecular flexibility index (Phi) is 20.9. The normalized spacial score (nSPS) is 15.1. The highest BCUT2D eigenvalue weighted by atomic mass is 19.4. The molecule has 2 N–H and O–H groups in total. The lowest BCUT2D eigenvalue weighted by Crippen LogP contribution is -2.52. The van der Waals surface area contributed by atoms with Gasteiger partial charge in [0.2, 0.25) is 0 Å². The summed E-state index contributed by atoms with van der Waals surface area (Å²) in [5, 5.41) is 11.1. The highest BCUT2D eigenvalue weighted by Gasteiger charge is 2.60. The second kappa shape index (κ2) is 25.1. The van der Waals surface area contributed by atoms with Crippen LogP contribution in [0.15, 0.2) is 97.1 Å². The highest BCUT2D eigenvalue weighted by molar-refractivity contribution is 5.97. The van der Waals surface area contributed by atoms with Crippen LogP contribution in [0.1, 0.15) is 46.2 Å². The topological polar surface area (TPSA) is 109 Å². The minimum Gasteiger partial charge on any atom is -0.426 e. The van der Waals surface area contributed by atoms with Crippen molar-refractivity contribution in [3.8, 4) is 22.3 Å². The molecule has 0 bridgehead atoms. The van der Waals surface area contributed by atoms with Crippen molar-refractivity contribution in [2.75, 3.05) is 80.5 Å². The van der Waals surface area contributed by atoms with Crippen molar-refractivity contribution in [3.05, 3.63) is 119 Å². The molecule has 4 aromatic rings. The molecule has 6 rings (SSSR count). The first-order valence-corrected chi connectivity index (χ1v) is 21.2. The summed E-state index contributed by atoms with van der Waals surface area (Å²) in [7, 11) is 6.87. The molecule has 374 valence electrons. The maximum absolute atomic E-state index is 12.9. The number of halogens is 9. The van der Waals surface area contributed by atoms with Crippen molar-refractivity contribution in [1.29, 1.82) is 0 Å². The molecular formula is C48H59F9N6O5. The average Bonchev–Trinajstić information content (AvgIpc) is 3.28. The molecule has 68 heavy (non-hydrogen) atoms. The number of aliphatic hydroxyl groups excluding tert-OH is 1. The van der Waals surface area contributed by atoms with Crippen LogP contribution in [0.4, 0.5) is 44.3 Å². The number of hydrogen-bond acceptors (Lipinski definition) is 8. The Labute approximate surface area is 391 Å². The van der Waals surface area contributed by atoms with Gasteiger partial charge in [-0.3, -0.25) is 19.4 Å². The van der Waals surface area contributed by atoms with E-state index in [-0.39, 0.29) is 45.4 Å². The zero-order valence-corrected chi connectivity index (χ0v) is 37.7. The molecule has 0 saturated carbocycles. The molecule has 1 unspecified atom stereocenters. The number of nitrogens with zero attached hydrogens (tertiary/aromatic N) is 5. The summed E-state index contributed by atoms with van der Waals surface area (Å²) in [5.74, 6) is -0.145. The Morgan fingerprint density at radius 2 is 0.956 bits per heavy atom. The van der Waals surface area contributed by atoms with E-state index in [0.717, 1.165) is 71.0 Å². The van der Waals surface area contributed by atoms with Crippen molar-refractivity contribution >= 4 is 17.9 Å². The van der Waals surface area contributed by atoms with Gasteiger partial charge in [0.1, 0.15) is 6.10 Å². The Morgan fingerprint density at radius 3 is 1.29 bits per heavy atom. The van der Waals surface area contributed by atoms with Gasteiger partial charge in [-0.2, -0.15) is 39.5 Å². The fourth-order valence-corrected chi connectivity index (χ4v) is 6.86. The molecule has 0 radical (unpaired) electrons. The fraction of sp³-hybridized carbons (Fsp3) is 0.438. The average molecular weight is 971 g/mol. The number of carbonyl (C=O) groups is 3. The minimum absolute atomic E-state index is 0. The van der Waals surface area contributed by atoms with E-state index in [1.807, 2.05) is 85.7 Å². The lowest BCUT2D eigenvalue weighted by Gasteiger charge is -2.35. The van der Waals surface area contributed by atoms with E-state index in [1.54, 1.807) is 25.1 Å². The summed E-state index contributed by atoms with van der Waals surface area (Å²) in [6, 6.07) is 31.4. The summed E-state index contributed by atoms with van der Waals surface area (Å²) in [5.41, 5.74) is 7.10. The Morgan fingerprint density at radius 1 is 0.588 bits per heavy atom. The van der Waals surface area contributed by atoms with Gasteiger partial charge in [-0.1, -0.05) is 92.4 Å². The van der Waals surface area contributed by atoms with Gasteiger partial charge >= 0.3 is 24.6 Å². The van der Waals surface area contributed by atoms with Gasteiger partial charge in [0.15, 0.2) is 0 Å². The number of hydrogen-bond donors (Lipinski definition) is 2. The molecule has 2 saturated heterocycles. The number of ether oxygens (including phenoxy) is 1. The Balaban J connectivity index is 0.000000328. The van der Waals surface area contributed by atoms with Crippen molar-refractivity contribution in [2.24, 2.45) is 0 Å². The van der Waals surface area contributed by atoms with E-state index in [1.165, 1.54) is 4.90 Å². The lowest BCUT2D eigenvalue weighted by atomic mass is 9.98. The molecule has 11 nitrogen and oxygen atoms in total. The first-order valence-electron chi connectivity index (χ1n) is 21.2. The van der Waals surface area contributed by atoms with Gasteiger partial charge in [-0.05, 0) is 52.4 Å². The maximum atomic E-state index is 12.9. The van der Waals surface area contributed by atoms with Crippen LogP contribution in [-0.2, 0) is 17.8 Å². The molecule has 2 heterocycles. The van der Waals surface area contributed by atoms with Gasteiger partial charge in [0.25, 0.3) is 17.9 Å². The zero-order chi connectivity index (χ0) is 49.7. The molecule has 0 aliphatic carbocycles. The van der Waals surface area contributed by atoms with Crippen LogP contribution in [0, 0.1) is 0 Å². The van der Waals surface area contributed by atoms with E-state index < -0.39 is 36.8 Å². The van der Waals surface area contributed by atoms with Crippen LogP contribution in [0.2, 0.25) is 0 Å². The third kappa shape index (κ3) is 16.8. The van der Waals surface area contributed by atoms with Crippen molar-refractivity contribution in [1.82, 2.24) is 29.8 Å².